The van der Waals surface area contributed by atoms with Gasteiger partial charge in [-0.15, -0.1) is 0 Å². The van der Waals surface area contributed by atoms with Crippen LogP contribution in [0.1, 0.15) is 35.3 Å². The van der Waals surface area contributed by atoms with Crippen LogP contribution in [-0.4, -0.2) is 26.5 Å². The first-order chi connectivity index (χ1) is 13.3. The Morgan fingerprint density at radius 3 is 2.64 bits per heavy atom. The molecule has 0 aliphatic heterocycles. The Morgan fingerprint density at radius 2 is 1.93 bits per heavy atom. The fourth-order valence-electron chi connectivity index (χ4n) is 2.91. The van der Waals surface area contributed by atoms with E-state index in [-0.39, 0.29) is 16.9 Å². The molecule has 6 heteroatoms. The van der Waals surface area contributed by atoms with Crippen LogP contribution in [-0.2, 0) is 4.79 Å². The number of thioether (sulfide) groups is 1. The third-order valence-corrected chi connectivity index (χ3v) is 5.49. The third-order valence-electron chi connectivity index (χ3n) is 4.41. The highest BCUT2D eigenvalue weighted by Gasteiger charge is 2.18. The van der Waals surface area contributed by atoms with Crippen LogP contribution in [0.15, 0.2) is 60.0 Å². The summed E-state index contributed by atoms with van der Waals surface area (Å²) in [6.45, 7) is 7.48. The number of amides is 1. The van der Waals surface area contributed by atoms with E-state index in [0.717, 1.165) is 16.4 Å². The fraction of sp³-hybridized carbons (Fsp3) is 0.227. The van der Waals surface area contributed by atoms with Crippen LogP contribution >= 0.6 is 11.8 Å². The molecule has 0 aliphatic carbocycles. The van der Waals surface area contributed by atoms with Gasteiger partial charge in [-0.2, -0.15) is 0 Å². The summed E-state index contributed by atoms with van der Waals surface area (Å²) < 4.78 is 2.00. The standard InChI is InChI=1S/C22H23N3O2S/c1-14-8-9-20(15(2)12-14)25-11-10-23-22(25)28-17(4)21(27)24-19-7-5-6-18(13-19)16(3)26/h5-13,17H,1-4H3,(H,24,27)/t17-/m0/s1. The molecule has 3 rings (SSSR count). The molecule has 0 fully saturated rings. The van der Waals surface area contributed by atoms with E-state index in [2.05, 4.69) is 42.3 Å². The number of imidazole rings is 1. The monoisotopic (exact) mass is 393 g/mol. The molecule has 1 N–H and O–H groups in total. The number of benzene rings is 2. The van der Waals surface area contributed by atoms with Crippen LogP contribution in [0.2, 0.25) is 0 Å². The second-order valence-electron chi connectivity index (χ2n) is 6.76. The van der Waals surface area contributed by atoms with Crippen molar-refractivity contribution in [1.29, 1.82) is 0 Å². The molecule has 2 aromatic carbocycles. The van der Waals surface area contributed by atoms with Gasteiger partial charge in [0.2, 0.25) is 5.91 Å². The van der Waals surface area contributed by atoms with Gasteiger partial charge >= 0.3 is 0 Å². The third kappa shape index (κ3) is 4.51. The summed E-state index contributed by atoms with van der Waals surface area (Å²) in [6.07, 6.45) is 3.64. The molecule has 0 unspecified atom stereocenters. The van der Waals surface area contributed by atoms with Crippen molar-refractivity contribution in [2.45, 2.75) is 38.1 Å². The minimum absolute atomic E-state index is 0.0333. The highest BCUT2D eigenvalue weighted by Crippen LogP contribution is 2.27. The van der Waals surface area contributed by atoms with Gasteiger partial charge in [0.25, 0.3) is 0 Å². The number of hydrogen-bond acceptors (Lipinski definition) is 4. The molecule has 1 amide bonds. The summed E-state index contributed by atoms with van der Waals surface area (Å²) in [6, 6.07) is 13.2. The molecule has 0 spiro atoms. The summed E-state index contributed by atoms with van der Waals surface area (Å²) in [4.78, 5) is 28.6. The molecule has 1 aromatic heterocycles. The van der Waals surface area contributed by atoms with Crippen molar-refractivity contribution in [2.24, 2.45) is 0 Å². The lowest BCUT2D eigenvalue weighted by atomic mass is 10.1. The zero-order valence-electron chi connectivity index (χ0n) is 16.4. The predicted octanol–water partition coefficient (Wildman–Crippen LogP) is 4.81. The first-order valence-corrected chi connectivity index (χ1v) is 9.92. The quantitative estimate of drug-likeness (QED) is 0.482. The Morgan fingerprint density at radius 1 is 1.14 bits per heavy atom. The van der Waals surface area contributed by atoms with Gasteiger partial charge in [0.1, 0.15) is 0 Å². The number of nitrogens with zero attached hydrogens (tertiary/aromatic N) is 2. The molecule has 1 heterocycles. The van der Waals surface area contributed by atoms with Gasteiger partial charge in [-0.1, -0.05) is 41.6 Å². The van der Waals surface area contributed by atoms with Gasteiger partial charge in [0.15, 0.2) is 10.9 Å². The van der Waals surface area contributed by atoms with Gasteiger partial charge < -0.3 is 5.32 Å². The number of aryl methyl sites for hydroxylation is 2. The van der Waals surface area contributed by atoms with E-state index < -0.39 is 0 Å². The molecule has 0 saturated heterocycles. The molecule has 0 aliphatic rings. The number of rotatable bonds is 6. The van der Waals surface area contributed by atoms with Crippen molar-refractivity contribution in [1.82, 2.24) is 9.55 Å². The summed E-state index contributed by atoms with van der Waals surface area (Å²) in [7, 11) is 0. The molecule has 3 aromatic rings. The normalized spacial score (nSPS) is 11.9. The van der Waals surface area contributed by atoms with Crippen LogP contribution in [0.25, 0.3) is 5.69 Å². The summed E-state index contributed by atoms with van der Waals surface area (Å²) in [5.41, 5.74) is 4.59. The maximum Gasteiger partial charge on any atom is 0.237 e. The maximum absolute atomic E-state index is 12.6. The number of aromatic nitrogens is 2. The number of carbonyl (C=O) groups excluding carboxylic acids is 2. The molecule has 144 valence electrons. The first-order valence-electron chi connectivity index (χ1n) is 9.04. The molecule has 0 bridgehead atoms. The van der Waals surface area contributed by atoms with Gasteiger partial charge in [-0.05, 0) is 51.5 Å². The maximum atomic E-state index is 12.6. The lowest BCUT2D eigenvalue weighted by Crippen LogP contribution is -2.23. The SMILES string of the molecule is CC(=O)c1cccc(NC(=O)[C@H](C)Sc2nccn2-c2ccc(C)cc2C)c1. The number of nitrogens with one attached hydrogen (secondary N) is 1. The van der Waals surface area contributed by atoms with Gasteiger partial charge in [0, 0.05) is 23.6 Å². The number of carbonyl (C=O) groups is 2. The van der Waals surface area contributed by atoms with E-state index in [1.54, 1.807) is 30.5 Å². The second-order valence-corrected chi connectivity index (χ2v) is 8.06. The topological polar surface area (TPSA) is 64.0 Å². The lowest BCUT2D eigenvalue weighted by Gasteiger charge is -2.15. The van der Waals surface area contributed by atoms with Gasteiger partial charge in [-0.25, -0.2) is 4.98 Å². The van der Waals surface area contributed by atoms with Crippen LogP contribution in [0.3, 0.4) is 0 Å². The van der Waals surface area contributed by atoms with Crippen molar-refractivity contribution >= 4 is 29.1 Å². The Balaban J connectivity index is 1.74. The molecule has 28 heavy (non-hydrogen) atoms. The van der Waals surface area contributed by atoms with Crippen molar-refractivity contribution in [3.05, 3.63) is 71.5 Å². The molecular formula is C22H23N3O2S. The lowest BCUT2D eigenvalue weighted by molar-refractivity contribution is -0.115. The van der Waals surface area contributed by atoms with Crippen molar-refractivity contribution < 1.29 is 9.59 Å². The van der Waals surface area contributed by atoms with Gasteiger partial charge in [0.05, 0.1) is 10.9 Å². The van der Waals surface area contributed by atoms with Gasteiger partial charge in [-0.3, -0.25) is 14.2 Å². The van der Waals surface area contributed by atoms with Crippen LogP contribution < -0.4 is 5.32 Å². The van der Waals surface area contributed by atoms with Crippen molar-refractivity contribution in [3.63, 3.8) is 0 Å². The first kappa shape index (κ1) is 19.9. The Hall–Kier alpha value is -2.86. The Labute approximate surface area is 169 Å². The van der Waals surface area contributed by atoms with E-state index in [4.69, 9.17) is 0 Å². The summed E-state index contributed by atoms with van der Waals surface area (Å²) in [5, 5.41) is 3.28. The smallest absolute Gasteiger partial charge is 0.237 e. The van der Waals surface area contributed by atoms with E-state index in [0.29, 0.717) is 11.3 Å². The average molecular weight is 394 g/mol. The Kier molecular flexibility index (Phi) is 5.99. The minimum Gasteiger partial charge on any atom is -0.325 e. The number of anilines is 1. The average Bonchev–Trinajstić information content (AvgIpc) is 3.09. The van der Waals surface area contributed by atoms with Crippen molar-refractivity contribution in [3.8, 4) is 5.69 Å². The van der Waals surface area contributed by atoms with E-state index >= 15 is 0 Å². The van der Waals surface area contributed by atoms with Crippen molar-refractivity contribution in [2.75, 3.05) is 5.32 Å². The van der Waals surface area contributed by atoms with E-state index in [1.165, 1.54) is 24.2 Å². The van der Waals surface area contributed by atoms with E-state index in [1.807, 2.05) is 17.7 Å². The van der Waals surface area contributed by atoms with Crippen LogP contribution in [0.5, 0.6) is 0 Å². The minimum atomic E-state index is -0.354. The van der Waals surface area contributed by atoms with Crippen LogP contribution in [0, 0.1) is 13.8 Å². The second kappa shape index (κ2) is 8.44. The summed E-state index contributed by atoms with van der Waals surface area (Å²) in [5.74, 6) is -0.171. The number of ketones is 1. The highest BCUT2D eigenvalue weighted by atomic mass is 32.2. The highest BCUT2D eigenvalue weighted by molar-refractivity contribution is 8.00. The zero-order valence-corrected chi connectivity index (χ0v) is 17.2. The van der Waals surface area contributed by atoms with E-state index in [9.17, 15) is 9.59 Å². The number of Topliss-reactive ketones (excluding diaryl/α,β-unsaturated/α-hetero) is 1. The largest absolute Gasteiger partial charge is 0.325 e. The number of hydrogen-bond donors (Lipinski definition) is 1. The predicted molar refractivity (Wildman–Crippen MR) is 113 cm³/mol. The molecule has 0 radical (unpaired) electrons. The van der Waals surface area contributed by atoms with Crippen LogP contribution in [0.4, 0.5) is 5.69 Å². The molecule has 1 atom stereocenters. The zero-order chi connectivity index (χ0) is 20.3. The Bertz CT molecular complexity index is 1030. The molecule has 5 nitrogen and oxygen atoms in total. The summed E-state index contributed by atoms with van der Waals surface area (Å²) >= 11 is 1.40. The molecule has 0 saturated carbocycles. The fourth-order valence-corrected chi connectivity index (χ4v) is 3.78. The molecular weight excluding hydrogens is 370 g/mol.